The van der Waals surface area contributed by atoms with E-state index in [1.54, 1.807) is 6.92 Å². The molecule has 37 heavy (non-hydrogen) atoms. The molecule has 192 valence electrons. The Morgan fingerprint density at radius 1 is 1.16 bits per heavy atom. The summed E-state index contributed by atoms with van der Waals surface area (Å²) in [5.41, 5.74) is 4.77. The lowest BCUT2D eigenvalue weighted by molar-refractivity contribution is -0.139. The van der Waals surface area contributed by atoms with Gasteiger partial charge in [0, 0.05) is 24.4 Å². The van der Waals surface area contributed by atoms with E-state index >= 15 is 0 Å². The van der Waals surface area contributed by atoms with Gasteiger partial charge in [-0.05, 0) is 37.7 Å². The van der Waals surface area contributed by atoms with Crippen molar-refractivity contribution < 1.29 is 19.1 Å². The molecular formula is C29H31N3O4S. The number of benzene rings is 2. The van der Waals surface area contributed by atoms with Crippen molar-refractivity contribution in [2.24, 2.45) is 4.99 Å². The number of esters is 1. The van der Waals surface area contributed by atoms with Crippen LogP contribution in [0.4, 0.5) is 0 Å². The van der Waals surface area contributed by atoms with Crippen LogP contribution in [0.3, 0.4) is 0 Å². The predicted molar refractivity (Wildman–Crippen MR) is 145 cm³/mol. The molecule has 1 fully saturated rings. The van der Waals surface area contributed by atoms with Gasteiger partial charge in [0.15, 0.2) is 5.17 Å². The molecule has 0 saturated carbocycles. The number of amidine groups is 1. The molecule has 1 amide bonds. The number of nitrogens with zero attached hydrogens (tertiary/aromatic N) is 2. The maximum absolute atomic E-state index is 13.5. The third-order valence-corrected chi connectivity index (χ3v) is 7.53. The van der Waals surface area contributed by atoms with Crippen LogP contribution in [0.25, 0.3) is 5.70 Å². The van der Waals surface area contributed by atoms with Crippen LogP contribution in [0.2, 0.25) is 0 Å². The topological polar surface area (TPSA) is 80.2 Å². The molecule has 0 aliphatic carbocycles. The summed E-state index contributed by atoms with van der Waals surface area (Å²) >= 11 is 1.47. The highest BCUT2D eigenvalue weighted by atomic mass is 32.2. The average Bonchev–Trinajstić information content (AvgIpc) is 3.58. The summed E-state index contributed by atoms with van der Waals surface area (Å²) in [4.78, 5) is 33.4. The number of fused-ring (bicyclic) bond motifs is 1. The molecule has 3 heterocycles. The largest absolute Gasteiger partial charge is 0.463 e. The molecule has 0 unspecified atom stereocenters. The van der Waals surface area contributed by atoms with E-state index in [1.807, 2.05) is 71.8 Å². The van der Waals surface area contributed by atoms with Gasteiger partial charge in [0.25, 0.3) is 0 Å². The number of rotatable bonds is 8. The lowest BCUT2D eigenvalue weighted by atomic mass is 9.91. The van der Waals surface area contributed by atoms with Crippen molar-refractivity contribution in [2.45, 2.75) is 45.3 Å². The van der Waals surface area contributed by atoms with Crippen molar-refractivity contribution in [2.75, 3.05) is 19.8 Å². The lowest BCUT2D eigenvalue weighted by Crippen LogP contribution is -2.38. The zero-order valence-corrected chi connectivity index (χ0v) is 21.9. The third-order valence-electron chi connectivity index (χ3n) is 6.64. The number of aliphatic imine (C=N–C) groups is 1. The Balaban J connectivity index is 1.52. The number of hydrogen-bond acceptors (Lipinski definition) is 7. The fourth-order valence-corrected chi connectivity index (χ4v) is 5.73. The monoisotopic (exact) mass is 517 g/mol. The maximum atomic E-state index is 13.5. The molecule has 0 radical (unpaired) electrons. The average molecular weight is 518 g/mol. The fraction of sp³-hybridized carbons (Fsp3) is 0.345. The number of carbonyl (C=O) groups excluding carboxylic acids is 2. The summed E-state index contributed by atoms with van der Waals surface area (Å²) < 4.78 is 11.2. The first-order chi connectivity index (χ1) is 18.0. The number of carbonyl (C=O) groups is 2. The van der Waals surface area contributed by atoms with Gasteiger partial charge in [0.2, 0.25) is 5.91 Å². The van der Waals surface area contributed by atoms with E-state index in [0.29, 0.717) is 17.8 Å². The molecule has 2 atom stereocenters. The van der Waals surface area contributed by atoms with Gasteiger partial charge < -0.3 is 19.7 Å². The van der Waals surface area contributed by atoms with E-state index in [2.05, 4.69) is 5.32 Å². The highest BCUT2D eigenvalue weighted by Crippen LogP contribution is 2.47. The highest BCUT2D eigenvalue weighted by Gasteiger charge is 2.42. The van der Waals surface area contributed by atoms with Crippen LogP contribution < -0.4 is 5.32 Å². The molecule has 5 rings (SSSR count). The minimum Gasteiger partial charge on any atom is -0.463 e. The van der Waals surface area contributed by atoms with Crippen molar-refractivity contribution >= 4 is 34.5 Å². The molecule has 0 aromatic heterocycles. The van der Waals surface area contributed by atoms with E-state index in [1.165, 1.54) is 11.8 Å². The van der Waals surface area contributed by atoms with Crippen molar-refractivity contribution in [1.82, 2.24) is 10.2 Å². The van der Waals surface area contributed by atoms with Crippen LogP contribution in [0.15, 0.2) is 76.3 Å². The van der Waals surface area contributed by atoms with Gasteiger partial charge >= 0.3 is 5.97 Å². The van der Waals surface area contributed by atoms with Crippen LogP contribution in [-0.4, -0.2) is 47.8 Å². The van der Waals surface area contributed by atoms with E-state index in [-0.39, 0.29) is 25.0 Å². The summed E-state index contributed by atoms with van der Waals surface area (Å²) in [6.45, 7) is 5.35. The van der Waals surface area contributed by atoms with Crippen LogP contribution in [0.5, 0.6) is 0 Å². The van der Waals surface area contributed by atoms with Gasteiger partial charge in [-0.15, -0.1) is 0 Å². The van der Waals surface area contributed by atoms with Crippen molar-refractivity contribution in [3.63, 3.8) is 0 Å². The molecule has 1 saturated heterocycles. The molecule has 0 spiro atoms. The molecule has 3 aliphatic heterocycles. The van der Waals surface area contributed by atoms with Crippen molar-refractivity contribution in [1.29, 1.82) is 0 Å². The first-order valence-electron chi connectivity index (χ1n) is 12.7. The predicted octanol–water partition coefficient (Wildman–Crippen LogP) is 4.96. The molecule has 2 aromatic carbocycles. The van der Waals surface area contributed by atoms with Gasteiger partial charge in [-0.1, -0.05) is 71.9 Å². The van der Waals surface area contributed by atoms with E-state index in [4.69, 9.17) is 14.5 Å². The Morgan fingerprint density at radius 3 is 2.65 bits per heavy atom. The normalized spacial score (nSPS) is 20.9. The SMILES string of the molecule is CCOC(=O)C1=C(c2ccccc2)N=C2SC=C(CC(=O)NC[C@H]3CCCO3)N2[C@H]1c1ccc(C)cc1. The fourth-order valence-electron chi connectivity index (χ4n) is 4.81. The molecule has 1 N–H and O–H groups in total. The maximum Gasteiger partial charge on any atom is 0.338 e. The molecule has 0 bridgehead atoms. The number of aryl methyl sites for hydroxylation is 1. The van der Waals surface area contributed by atoms with Crippen molar-refractivity contribution in [3.05, 3.63) is 88.0 Å². The van der Waals surface area contributed by atoms with Gasteiger partial charge in [-0.3, -0.25) is 4.79 Å². The number of thioether (sulfide) groups is 1. The molecule has 8 heteroatoms. The van der Waals surface area contributed by atoms with Crippen LogP contribution in [0.1, 0.15) is 48.9 Å². The Kier molecular flexibility index (Phi) is 7.76. The first-order valence-corrected chi connectivity index (χ1v) is 13.6. The quantitative estimate of drug-likeness (QED) is 0.499. The zero-order valence-electron chi connectivity index (χ0n) is 21.1. The summed E-state index contributed by atoms with van der Waals surface area (Å²) in [6.07, 6.45) is 2.25. The van der Waals surface area contributed by atoms with Gasteiger partial charge in [0.05, 0.1) is 36.4 Å². The van der Waals surface area contributed by atoms with Crippen LogP contribution >= 0.6 is 11.8 Å². The molecule has 2 aromatic rings. The Morgan fingerprint density at radius 2 is 1.95 bits per heavy atom. The third kappa shape index (κ3) is 5.50. The Hall–Kier alpha value is -3.36. The second-order valence-corrected chi connectivity index (χ2v) is 10.1. The summed E-state index contributed by atoms with van der Waals surface area (Å²) in [5.74, 6) is -0.490. The van der Waals surface area contributed by atoms with Crippen molar-refractivity contribution in [3.8, 4) is 0 Å². The second kappa shape index (κ2) is 11.4. The van der Waals surface area contributed by atoms with Crippen LogP contribution in [0, 0.1) is 6.92 Å². The molecule has 3 aliphatic rings. The minimum atomic E-state index is -0.477. The lowest BCUT2D eigenvalue weighted by Gasteiger charge is -2.37. The van der Waals surface area contributed by atoms with E-state index in [9.17, 15) is 9.59 Å². The summed E-state index contributed by atoms with van der Waals surface area (Å²) in [6, 6.07) is 17.4. The van der Waals surface area contributed by atoms with Gasteiger partial charge in [-0.2, -0.15) is 0 Å². The summed E-state index contributed by atoms with van der Waals surface area (Å²) in [7, 11) is 0. The highest BCUT2D eigenvalue weighted by molar-refractivity contribution is 8.16. The smallest absolute Gasteiger partial charge is 0.338 e. The first kappa shape index (κ1) is 25.3. The standard InChI is InChI=1S/C29H31N3O4S/c1-3-35-28(34)25-26(20-8-5-4-6-9-20)31-29-32(27(25)21-13-11-19(2)12-14-21)22(18-37-29)16-24(33)30-17-23-10-7-15-36-23/h4-6,8-9,11-14,18,23,27H,3,7,10,15-17H2,1-2H3,(H,30,33)/t23-,27+/m1/s1. The van der Waals surface area contributed by atoms with Crippen LogP contribution in [-0.2, 0) is 19.1 Å². The number of nitrogens with one attached hydrogen (secondary N) is 1. The van der Waals surface area contributed by atoms with E-state index in [0.717, 1.165) is 47.0 Å². The molecular weight excluding hydrogens is 486 g/mol. The Labute approximate surface area is 221 Å². The number of hydrogen-bond donors (Lipinski definition) is 1. The van der Waals surface area contributed by atoms with E-state index < -0.39 is 12.0 Å². The minimum absolute atomic E-state index is 0.0788. The Bertz CT molecular complexity index is 1250. The zero-order chi connectivity index (χ0) is 25.8. The second-order valence-electron chi connectivity index (χ2n) is 9.27. The van der Waals surface area contributed by atoms with Gasteiger partial charge in [0.1, 0.15) is 0 Å². The van der Waals surface area contributed by atoms with Gasteiger partial charge in [-0.25, -0.2) is 9.79 Å². The summed E-state index contributed by atoms with van der Waals surface area (Å²) in [5, 5.41) is 5.71. The molecule has 7 nitrogen and oxygen atoms in total. The number of amides is 1. The number of ether oxygens (including phenoxy) is 2.